The summed E-state index contributed by atoms with van der Waals surface area (Å²) < 4.78 is 7.42. The Kier molecular flexibility index (Phi) is 7.21. The molecular weight excluding hydrogens is 444 g/mol. The molecule has 1 aromatic carbocycles. The third-order valence-corrected chi connectivity index (χ3v) is 6.50. The standard InChI is InChI=1S/C27H32N4O4/c1-5-29(6-2)15-16-31-24(19-11-10-12-20(17-19)35-7-3)22(26(33)27(31)34)25(32)23-18(4)28-21-13-8-9-14-30(21)23/h8-14,17,24,32H,5-7,15-16H2,1-4H3/b25-22+. The Morgan fingerprint density at radius 3 is 2.60 bits per heavy atom. The number of hydrogen-bond acceptors (Lipinski definition) is 6. The fourth-order valence-electron chi connectivity index (χ4n) is 4.71. The number of fused-ring (bicyclic) bond motifs is 1. The molecule has 8 nitrogen and oxygen atoms in total. The van der Waals surface area contributed by atoms with Gasteiger partial charge >= 0.3 is 0 Å². The molecule has 0 radical (unpaired) electrons. The van der Waals surface area contributed by atoms with Crippen molar-refractivity contribution in [2.45, 2.75) is 33.7 Å². The average Bonchev–Trinajstić information content (AvgIpc) is 3.33. The second-order valence-corrected chi connectivity index (χ2v) is 8.50. The Balaban J connectivity index is 1.88. The van der Waals surface area contributed by atoms with Crippen LogP contribution in [0.25, 0.3) is 11.4 Å². The lowest BCUT2D eigenvalue weighted by molar-refractivity contribution is -0.140. The summed E-state index contributed by atoms with van der Waals surface area (Å²) in [7, 11) is 0. The van der Waals surface area contributed by atoms with E-state index in [-0.39, 0.29) is 11.3 Å². The molecule has 1 fully saturated rings. The van der Waals surface area contributed by atoms with E-state index >= 15 is 0 Å². The second-order valence-electron chi connectivity index (χ2n) is 8.50. The van der Waals surface area contributed by atoms with E-state index in [1.54, 1.807) is 22.4 Å². The number of likely N-dealkylation sites (tertiary alicyclic amines) is 1. The van der Waals surface area contributed by atoms with Crippen molar-refractivity contribution >= 4 is 23.1 Å². The summed E-state index contributed by atoms with van der Waals surface area (Å²) in [5.41, 5.74) is 2.41. The molecule has 1 amide bonds. The van der Waals surface area contributed by atoms with Crippen LogP contribution in [0, 0.1) is 6.92 Å². The van der Waals surface area contributed by atoms with Gasteiger partial charge in [-0.25, -0.2) is 4.98 Å². The molecule has 0 saturated carbocycles. The molecule has 1 aliphatic rings. The smallest absolute Gasteiger partial charge is 0.295 e. The van der Waals surface area contributed by atoms with Crippen LogP contribution in [0.3, 0.4) is 0 Å². The van der Waals surface area contributed by atoms with E-state index in [0.717, 1.165) is 13.1 Å². The highest BCUT2D eigenvalue weighted by Gasteiger charge is 2.46. The lowest BCUT2D eigenvalue weighted by Crippen LogP contribution is -2.38. The van der Waals surface area contributed by atoms with Gasteiger partial charge in [0.15, 0.2) is 5.76 Å². The van der Waals surface area contributed by atoms with Crippen molar-refractivity contribution in [2.75, 3.05) is 32.8 Å². The minimum absolute atomic E-state index is 0.0666. The molecule has 3 aromatic rings. The molecule has 0 spiro atoms. The van der Waals surface area contributed by atoms with E-state index in [9.17, 15) is 14.7 Å². The zero-order chi connectivity index (χ0) is 25.1. The number of ether oxygens (including phenoxy) is 1. The molecule has 0 aliphatic carbocycles. The molecule has 4 rings (SSSR count). The maximum Gasteiger partial charge on any atom is 0.295 e. The molecule has 1 saturated heterocycles. The minimum atomic E-state index is -0.736. The summed E-state index contributed by atoms with van der Waals surface area (Å²) in [6, 6.07) is 12.1. The Morgan fingerprint density at radius 2 is 1.89 bits per heavy atom. The molecule has 8 heteroatoms. The Hall–Kier alpha value is -3.65. The van der Waals surface area contributed by atoms with Crippen LogP contribution in [0.5, 0.6) is 5.75 Å². The van der Waals surface area contributed by atoms with Gasteiger partial charge in [0.25, 0.3) is 11.7 Å². The van der Waals surface area contributed by atoms with Crippen LogP contribution < -0.4 is 4.74 Å². The van der Waals surface area contributed by atoms with Gasteiger partial charge in [0.05, 0.1) is 23.9 Å². The van der Waals surface area contributed by atoms with Crippen LogP contribution in [-0.2, 0) is 9.59 Å². The normalized spacial score (nSPS) is 17.6. The fourth-order valence-corrected chi connectivity index (χ4v) is 4.71. The number of aliphatic hydroxyl groups excluding tert-OH is 1. The van der Waals surface area contributed by atoms with Gasteiger partial charge in [-0.2, -0.15) is 0 Å². The zero-order valence-electron chi connectivity index (χ0n) is 20.7. The van der Waals surface area contributed by atoms with Gasteiger partial charge < -0.3 is 19.6 Å². The van der Waals surface area contributed by atoms with Gasteiger partial charge in [0.1, 0.15) is 17.1 Å². The van der Waals surface area contributed by atoms with Crippen molar-refractivity contribution in [3.05, 3.63) is 71.2 Å². The lowest BCUT2D eigenvalue weighted by Gasteiger charge is -2.28. The summed E-state index contributed by atoms with van der Waals surface area (Å²) in [5.74, 6) is -0.891. The molecule has 1 atom stereocenters. The number of benzene rings is 1. The molecular formula is C27H32N4O4. The topological polar surface area (TPSA) is 87.4 Å². The van der Waals surface area contributed by atoms with Crippen molar-refractivity contribution in [2.24, 2.45) is 0 Å². The number of aliphatic hydroxyl groups is 1. The number of hydrogen-bond donors (Lipinski definition) is 1. The molecule has 1 N–H and O–H groups in total. The number of nitrogens with zero attached hydrogens (tertiary/aromatic N) is 4. The van der Waals surface area contributed by atoms with Crippen LogP contribution in [-0.4, -0.2) is 68.8 Å². The van der Waals surface area contributed by atoms with Crippen molar-refractivity contribution in [3.63, 3.8) is 0 Å². The van der Waals surface area contributed by atoms with E-state index in [0.29, 0.717) is 48.0 Å². The van der Waals surface area contributed by atoms with Crippen LogP contribution in [0.2, 0.25) is 0 Å². The molecule has 1 aliphatic heterocycles. The van der Waals surface area contributed by atoms with Crippen molar-refractivity contribution in [3.8, 4) is 5.75 Å². The number of aromatic nitrogens is 2. The molecule has 0 bridgehead atoms. The molecule has 1 unspecified atom stereocenters. The highest BCUT2D eigenvalue weighted by Crippen LogP contribution is 2.40. The van der Waals surface area contributed by atoms with E-state index < -0.39 is 17.7 Å². The van der Waals surface area contributed by atoms with Crippen LogP contribution in [0.1, 0.15) is 43.8 Å². The number of carbonyl (C=O) groups is 2. The monoisotopic (exact) mass is 476 g/mol. The van der Waals surface area contributed by atoms with Gasteiger partial charge in [0, 0.05) is 19.3 Å². The quantitative estimate of drug-likeness (QED) is 0.287. The number of likely N-dealkylation sites (N-methyl/N-ethyl adjacent to an activating group) is 1. The first kappa shape index (κ1) is 24.5. The summed E-state index contributed by atoms with van der Waals surface area (Å²) in [4.78, 5) is 35.0. The van der Waals surface area contributed by atoms with Crippen molar-refractivity contribution < 1.29 is 19.4 Å². The lowest BCUT2D eigenvalue weighted by atomic mass is 9.96. The predicted octanol–water partition coefficient (Wildman–Crippen LogP) is 3.80. The largest absolute Gasteiger partial charge is 0.505 e. The SMILES string of the molecule is CCOc1cccc(C2/C(=C(\O)c3c(C)nc4ccccn34)C(=O)C(=O)N2CCN(CC)CC)c1. The number of Topliss-reactive ketones (excluding diaryl/α,β-unsaturated/α-hetero) is 1. The van der Waals surface area contributed by atoms with Crippen LogP contribution in [0.4, 0.5) is 0 Å². The van der Waals surface area contributed by atoms with Crippen molar-refractivity contribution in [1.82, 2.24) is 19.2 Å². The molecule has 35 heavy (non-hydrogen) atoms. The minimum Gasteiger partial charge on any atom is -0.505 e. The van der Waals surface area contributed by atoms with Gasteiger partial charge in [-0.15, -0.1) is 0 Å². The number of ketones is 1. The summed E-state index contributed by atoms with van der Waals surface area (Å²) in [6.07, 6.45) is 1.78. The maximum atomic E-state index is 13.4. The van der Waals surface area contributed by atoms with Gasteiger partial charge in [-0.1, -0.05) is 32.0 Å². The number of aryl methyl sites for hydroxylation is 1. The highest BCUT2D eigenvalue weighted by molar-refractivity contribution is 6.46. The number of pyridine rings is 1. The van der Waals surface area contributed by atoms with Crippen molar-refractivity contribution in [1.29, 1.82) is 0 Å². The van der Waals surface area contributed by atoms with Crippen LogP contribution in [0.15, 0.2) is 54.2 Å². The highest BCUT2D eigenvalue weighted by atomic mass is 16.5. The van der Waals surface area contributed by atoms with Gasteiger partial charge in [-0.05, 0) is 56.8 Å². The van der Waals surface area contributed by atoms with E-state index in [2.05, 4.69) is 23.7 Å². The number of carbonyl (C=O) groups excluding carboxylic acids is 2. The Bertz CT molecular complexity index is 1280. The van der Waals surface area contributed by atoms with Gasteiger partial charge in [0.2, 0.25) is 0 Å². The second kappa shape index (κ2) is 10.3. The molecule has 2 aromatic heterocycles. The summed E-state index contributed by atoms with van der Waals surface area (Å²) >= 11 is 0. The first-order valence-corrected chi connectivity index (χ1v) is 12.1. The van der Waals surface area contributed by atoms with E-state index in [1.807, 2.05) is 49.4 Å². The third kappa shape index (κ3) is 4.53. The summed E-state index contributed by atoms with van der Waals surface area (Å²) in [6.45, 7) is 11.0. The Morgan fingerprint density at radius 1 is 1.11 bits per heavy atom. The summed E-state index contributed by atoms with van der Waals surface area (Å²) in [5, 5.41) is 11.5. The Labute approximate surface area is 205 Å². The van der Waals surface area contributed by atoms with Crippen LogP contribution >= 0.6 is 0 Å². The average molecular weight is 477 g/mol. The maximum absolute atomic E-state index is 13.4. The first-order valence-electron chi connectivity index (χ1n) is 12.1. The molecule has 3 heterocycles. The fraction of sp³-hybridized carbons (Fsp3) is 0.370. The third-order valence-electron chi connectivity index (χ3n) is 6.50. The van der Waals surface area contributed by atoms with E-state index in [4.69, 9.17) is 4.74 Å². The van der Waals surface area contributed by atoms with E-state index in [1.165, 1.54) is 0 Å². The number of rotatable bonds is 9. The number of amides is 1. The zero-order valence-corrected chi connectivity index (χ0v) is 20.7. The first-order chi connectivity index (χ1) is 16.9. The van der Waals surface area contributed by atoms with Gasteiger partial charge in [-0.3, -0.25) is 14.0 Å². The molecule has 184 valence electrons. The predicted molar refractivity (Wildman–Crippen MR) is 134 cm³/mol. The number of imidazole rings is 1.